The van der Waals surface area contributed by atoms with Gasteiger partial charge in [-0.15, -0.1) is 0 Å². The molecule has 0 unspecified atom stereocenters. The molecule has 0 atom stereocenters. The summed E-state index contributed by atoms with van der Waals surface area (Å²) in [7, 11) is 0. The largest absolute Gasteiger partial charge is 0.440 e. The highest BCUT2D eigenvalue weighted by atomic mass is 35.5. The second-order valence-electron chi connectivity index (χ2n) is 3.62. The first-order valence-corrected chi connectivity index (χ1v) is 6.30. The van der Waals surface area contributed by atoms with Crippen molar-refractivity contribution in [1.82, 2.24) is 0 Å². The minimum Gasteiger partial charge on any atom is -0.440 e. The number of hydrogen-bond donors (Lipinski definition) is 2. The molecule has 1 heterocycles. The number of benzene rings is 1. The van der Waals surface area contributed by atoms with Gasteiger partial charge in [0.15, 0.2) is 11.0 Å². The molecular weight excluding hydrogens is 307 g/mol. The number of rotatable bonds is 3. The SMILES string of the molecule is NC(=S)c1ccc(Cl)c(NC(=O)c2ccc(Cl)o2)c1. The van der Waals surface area contributed by atoms with E-state index in [0.29, 0.717) is 16.3 Å². The molecule has 3 N–H and O–H groups in total. The Morgan fingerprint density at radius 3 is 2.58 bits per heavy atom. The van der Waals surface area contributed by atoms with Gasteiger partial charge in [-0.1, -0.05) is 29.9 Å². The molecule has 0 saturated heterocycles. The predicted molar refractivity (Wildman–Crippen MR) is 79.0 cm³/mol. The smallest absolute Gasteiger partial charge is 0.291 e. The number of amides is 1. The molecule has 98 valence electrons. The molecule has 0 aliphatic carbocycles. The third kappa shape index (κ3) is 3.26. The number of halogens is 2. The standard InChI is InChI=1S/C12H8Cl2N2O2S/c13-7-2-1-6(11(15)19)5-8(7)16-12(17)9-3-4-10(14)18-9/h1-5H,(H2,15,19)(H,16,17). The van der Waals surface area contributed by atoms with Crippen LogP contribution in [0.5, 0.6) is 0 Å². The van der Waals surface area contributed by atoms with Crippen molar-refractivity contribution < 1.29 is 9.21 Å². The minimum atomic E-state index is -0.464. The van der Waals surface area contributed by atoms with E-state index in [-0.39, 0.29) is 16.0 Å². The van der Waals surface area contributed by atoms with Crippen LogP contribution in [0.4, 0.5) is 5.69 Å². The molecule has 1 aromatic heterocycles. The van der Waals surface area contributed by atoms with Crippen LogP contribution in [0.15, 0.2) is 34.7 Å². The van der Waals surface area contributed by atoms with Gasteiger partial charge in [0, 0.05) is 5.56 Å². The number of anilines is 1. The van der Waals surface area contributed by atoms with Crippen molar-refractivity contribution in [1.29, 1.82) is 0 Å². The van der Waals surface area contributed by atoms with Gasteiger partial charge in [0.2, 0.25) is 0 Å². The average molecular weight is 315 g/mol. The minimum absolute atomic E-state index is 0.0850. The lowest BCUT2D eigenvalue weighted by atomic mass is 10.2. The zero-order valence-electron chi connectivity index (χ0n) is 9.44. The van der Waals surface area contributed by atoms with Crippen LogP contribution in [0.3, 0.4) is 0 Å². The second kappa shape index (κ2) is 5.61. The molecule has 0 fully saturated rings. The number of nitrogens with one attached hydrogen (secondary N) is 1. The summed E-state index contributed by atoms with van der Waals surface area (Å²) in [5, 5.41) is 3.10. The summed E-state index contributed by atoms with van der Waals surface area (Å²) in [5.41, 5.74) is 6.51. The van der Waals surface area contributed by atoms with Crippen molar-refractivity contribution in [3.05, 3.63) is 51.9 Å². The number of nitrogens with two attached hydrogens (primary N) is 1. The van der Waals surface area contributed by atoms with E-state index in [9.17, 15) is 4.79 Å². The van der Waals surface area contributed by atoms with E-state index < -0.39 is 5.91 Å². The molecule has 4 nitrogen and oxygen atoms in total. The fourth-order valence-corrected chi connectivity index (χ4v) is 1.83. The lowest BCUT2D eigenvalue weighted by Gasteiger charge is -2.07. The summed E-state index contributed by atoms with van der Waals surface area (Å²) in [6.07, 6.45) is 0. The molecule has 2 rings (SSSR count). The highest BCUT2D eigenvalue weighted by molar-refractivity contribution is 7.80. The molecule has 19 heavy (non-hydrogen) atoms. The summed E-state index contributed by atoms with van der Waals surface area (Å²) in [5.74, 6) is -0.379. The molecular formula is C12H8Cl2N2O2S. The summed E-state index contributed by atoms with van der Waals surface area (Å²) < 4.78 is 4.99. The normalized spacial score (nSPS) is 10.2. The maximum absolute atomic E-state index is 11.9. The lowest BCUT2D eigenvalue weighted by molar-refractivity contribution is 0.0997. The number of thiocarbonyl (C=S) groups is 1. The molecule has 1 aromatic carbocycles. The molecule has 0 aliphatic rings. The highest BCUT2D eigenvalue weighted by Crippen LogP contribution is 2.24. The fraction of sp³-hybridized carbons (Fsp3) is 0. The Bertz CT molecular complexity index is 655. The van der Waals surface area contributed by atoms with E-state index in [2.05, 4.69) is 5.32 Å². The van der Waals surface area contributed by atoms with Crippen molar-refractivity contribution in [2.75, 3.05) is 5.32 Å². The van der Waals surface area contributed by atoms with E-state index in [1.165, 1.54) is 12.1 Å². The van der Waals surface area contributed by atoms with Gasteiger partial charge in [0.1, 0.15) is 4.99 Å². The summed E-state index contributed by atoms with van der Waals surface area (Å²) in [4.78, 5) is 12.1. The van der Waals surface area contributed by atoms with Gasteiger partial charge < -0.3 is 15.5 Å². The van der Waals surface area contributed by atoms with Gasteiger partial charge >= 0.3 is 0 Å². The fourth-order valence-electron chi connectivity index (χ4n) is 1.39. The Morgan fingerprint density at radius 2 is 2.00 bits per heavy atom. The monoisotopic (exact) mass is 314 g/mol. The van der Waals surface area contributed by atoms with Gasteiger partial charge in [-0.05, 0) is 35.9 Å². The second-order valence-corrected chi connectivity index (χ2v) is 4.84. The van der Waals surface area contributed by atoms with E-state index in [1.54, 1.807) is 18.2 Å². The van der Waals surface area contributed by atoms with Crippen LogP contribution in [0, 0.1) is 0 Å². The number of hydrogen-bond acceptors (Lipinski definition) is 3. The van der Waals surface area contributed by atoms with Crippen LogP contribution in [-0.2, 0) is 0 Å². The maximum atomic E-state index is 11.9. The quantitative estimate of drug-likeness (QED) is 0.851. The van der Waals surface area contributed by atoms with E-state index in [4.69, 9.17) is 45.6 Å². The molecule has 0 spiro atoms. The topological polar surface area (TPSA) is 68.3 Å². The van der Waals surface area contributed by atoms with Crippen molar-refractivity contribution in [2.45, 2.75) is 0 Å². The van der Waals surface area contributed by atoms with Crippen LogP contribution in [-0.4, -0.2) is 10.9 Å². The Morgan fingerprint density at radius 1 is 1.26 bits per heavy atom. The van der Waals surface area contributed by atoms with E-state index in [0.717, 1.165) is 0 Å². The summed E-state index contributed by atoms with van der Waals surface area (Å²) in [6.45, 7) is 0. The van der Waals surface area contributed by atoms with E-state index in [1.807, 2.05) is 0 Å². The Balaban J connectivity index is 2.25. The van der Waals surface area contributed by atoms with Gasteiger partial charge in [0.25, 0.3) is 5.91 Å². The lowest BCUT2D eigenvalue weighted by Crippen LogP contribution is -2.13. The Hall–Kier alpha value is -1.56. The van der Waals surface area contributed by atoms with Crippen molar-refractivity contribution >= 4 is 52.0 Å². The third-order valence-corrected chi connectivity index (χ3v) is 3.06. The first kappa shape index (κ1) is 13.9. The van der Waals surface area contributed by atoms with Gasteiger partial charge in [-0.2, -0.15) is 0 Å². The van der Waals surface area contributed by atoms with Crippen molar-refractivity contribution in [2.24, 2.45) is 5.73 Å². The molecule has 2 aromatic rings. The third-order valence-electron chi connectivity index (χ3n) is 2.30. The molecule has 0 saturated carbocycles. The summed E-state index contributed by atoms with van der Waals surface area (Å²) in [6, 6.07) is 7.80. The molecule has 0 radical (unpaired) electrons. The van der Waals surface area contributed by atoms with Gasteiger partial charge in [0.05, 0.1) is 10.7 Å². The summed E-state index contributed by atoms with van der Waals surface area (Å²) >= 11 is 16.4. The van der Waals surface area contributed by atoms with Gasteiger partial charge in [-0.25, -0.2) is 0 Å². The number of furan rings is 1. The maximum Gasteiger partial charge on any atom is 0.291 e. The van der Waals surface area contributed by atoms with E-state index >= 15 is 0 Å². The molecule has 0 bridgehead atoms. The van der Waals surface area contributed by atoms with Crippen LogP contribution in [0.1, 0.15) is 16.1 Å². The van der Waals surface area contributed by atoms with Crippen molar-refractivity contribution in [3.8, 4) is 0 Å². The van der Waals surface area contributed by atoms with Crippen LogP contribution in [0.2, 0.25) is 10.2 Å². The highest BCUT2D eigenvalue weighted by Gasteiger charge is 2.13. The predicted octanol–water partition coefficient (Wildman–Crippen LogP) is 3.47. The number of carbonyl (C=O) groups excluding carboxylic acids is 1. The van der Waals surface area contributed by atoms with Crippen LogP contribution in [0.25, 0.3) is 0 Å². The van der Waals surface area contributed by atoms with Crippen molar-refractivity contribution in [3.63, 3.8) is 0 Å². The average Bonchev–Trinajstić information content (AvgIpc) is 2.78. The molecule has 0 aliphatic heterocycles. The first-order chi connectivity index (χ1) is 8.97. The Labute approximate surface area is 124 Å². The zero-order chi connectivity index (χ0) is 14.0. The molecule has 7 heteroatoms. The molecule has 1 amide bonds. The first-order valence-electron chi connectivity index (χ1n) is 5.13. The van der Waals surface area contributed by atoms with Crippen LogP contribution < -0.4 is 11.1 Å². The number of carbonyl (C=O) groups is 1. The van der Waals surface area contributed by atoms with Crippen LogP contribution >= 0.6 is 35.4 Å². The zero-order valence-corrected chi connectivity index (χ0v) is 11.8. The Kier molecular flexibility index (Phi) is 4.09. The van der Waals surface area contributed by atoms with Gasteiger partial charge in [-0.3, -0.25) is 4.79 Å².